The van der Waals surface area contributed by atoms with E-state index >= 15 is 0 Å². The maximum atomic E-state index is 4.16. The lowest BCUT2D eigenvalue weighted by atomic mass is 10.2. The van der Waals surface area contributed by atoms with E-state index in [1.165, 1.54) is 11.1 Å². The van der Waals surface area contributed by atoms with Crippen molar-refractivity contribution in [2.75, 3.05) is 12.0 Å². The van der Waals surface area contributed by atoms with E-state index in [2.05, 4.69) is 36.5 Å². The summed E-state index contributed by atoms with van der Waals surface area (Å²) in [6, 6.07) is 2.73. The number of hydrogen-bond donors (Lipinski definition) is 1. The molecule has 78 valence electrons. The molecule has 1 rings (SSSR count). The van der Waals surface area contributed by atoms with E-state index in [0.717, 1.165) is 12.3 Å². The van der Waals surface area contributed by atoms with Crippen molar-refractivity contribution in [3.8, 4) is 0 Å². The van der Waals surface area contributed by atoms with E-state index in [9.17, 15) is 0 Å². The molecule has 1 heterocycles. The number of nitrogens with zero attached hydrogens (tertiary/aromatic N) is 1. The molecule has 2 nitrogen and oxygen atoms in total. The number of rotatable bonds is 5. The van der Waals surface area contributed by atoms with Crippen LogP contribution >= 0.6 is 11.8 Å². The Labute approximate surface area is 90.5 Å². The highest BCUT2D eigenvalue weighted by atomic mass is 32.2. The van der Waals surface area contributed by atoms with E-state index < -0.39 is 0 Å². The molecule has 0 aliphatic heterocycles. The van der Waals surface area contributed by atoms with Gasteiger partial charge in [0.25, 0.3) is 0 Å². The minimum atomic E-state index is 0.561. The van der Waals surface area contributed by atoms with Crippen LogP contribution in [0.5, 0.6) is 0 Å². The fourth-order valence-electron chi connectivity index (χ4n) is 1.32. The normalized spacial score (nSPS) is 12.8. The first-order valence-electron chi connectivity index (χ1n) is 4.85. The van der Waals surface area contributed by atoms with Crippen molar-refractivity contribution < 1.29 is 0 Å². The lowest BCUT2D eigenvalue weighted by molar-refractivity contribution is 0.595. The molecule has 1 atom stereocenters. The largest absolute Gasteiger partial charge is 0.309 e. The van der Waals surface area contributed by atoms with Crippen LogP contribution in [-0.4, -0.2) is 23.0 Å². The van der Waals surface area contributed by atoms with Crippen LogP contribution in [0, 0.1) is 6.92 Å². The van der Waals surface area contributed by atoms with Gasteiger partial charge < -0.3 is 5.32 Å². The predicted molar refractivity (Wildman–Crippen MR) is 63.7 cm³/mol. The van der Waals surface area contributed by atoms with Gasteiger partial charge in [0.15, 0.2) is 0 Å². The molecule has 1 N–H and O–H groups in total. The molecule has 0 bridgehead atoms. The summed E-state index contributed by atoms with van der Waals surface area (Å²) in [6.07, 6.45) is 5.94. The highest BCUT2D eigenvalue weighted by Crippen LogP contribution is 2.02. The molecule has 0 aliphatic rings. The Hall–Kier alpha value is -0.540. The van der Waals surface area contributed by atoms with Crippen molar-refractivity contribution >= 4 is 11.8 Å². The molecule has 3 heteroatoms. The third-order valence-electron chi connectivity index (χ3n) is 2.00. The van der Waals surface area contributed by atoms with Gasteiger partial charge in [0.1, 0.15) is 0 Å². The van der Waals surface area contributed by atoms with Crippen molar-refractivity contribution in [3.63, 3.8) is 0 Å². The Morgan fingerprint density at radius 2 is 2.29 bits per heavy atom. The molecule has 14 heavy (non-hydrogen) atoms. The number of aromatic nitrogens is 1. The summed E-state index contributed by atoms with van der Waals surface area (Å²) < 4.78 is 0. The number of nitrogens with one attached hydrogen (secondary N) is 1. The molecule has 1 aromatic heterocycles. The lowest BCUT2D eigenvalue weighted by Gasteiger charge is -2.12. The zero-order chi connectivity index (χ0) is 10.4. The summed E-state index contributed by atoms with van der Waals surface area (Å²) in [7, 11) is 0. The number of thioether (sulfide) groups is 1. The summed E-state index contributed by atoms with van der Waals surface area (Å²) in [4.78, 5) is 4.16. The molecule has 0 amide bonds. The second-order valence-electron chi connectivity index (χ2n) is 3.61. The standard InChI is InChI=1S/C11H18N2S/c1-9-4-11(6-12-5-9)7-13-10(2)8-14-3/h4-6,10,13H,7-8H2,1-3H3. The average molecular weight is 210 g/mol. The minimum Gasteiger partial charge on any atom is -0.309 e. The van der Waals surface area contributed by atoms with Crippen LogP contribution in [0.2, 0.25) is 0 Å². The third-order valence-corrected chi connectivity index (χ3v) is 2.84. The minimum absolute atomic E-state index is 0.561. The maximum Gasteiger partial charge on any atom is 0.0313 e. The molecule has 1 aromatic rings. The average Bonchev–Trinajstić information content (AvgIpc) is 2.15. The SMILES string of the molecule is CSCC(C)NCc1cncc(C)c1. The van der Waals surface area contributed by atoms with Crippen LogP contribution < -0.4 is 5.32 Å². The fraction of sp³-hybridized carbons (Fsp3) is 0.545. The zero-order valence-electron chi connectivity index (χ0n) is 9.08. The van der Waals surface area contributed by atoms with Crippen molar-refractivity contribution in [2.45, 2.75) is 26.4 Å². The van der Waals surface area contributed by atoms with E-state index in [1.54, 1.807) is 0 Å². The molecule has 0 saturated carbocycles. The molecule has 0 spiro atoms. The molecule has 0 saturated heterocycles. The number of pyridine rings is 1. The highest BCUT2D eigenvalue weighted by molar-refractivity contribution is 7.98. The summed E-state index contributed by atoms with van der Waals surface area (Å²) >= 11 is 1.87. The van der Waals surface area contributed by atoms with Crippen LogP contribution in [-0.2, 0) is 6.54 Å². The molecular formula is C11H18N2S. The van der Waals surface area contributed by atoms with Gasteiger partial charge in [0, 0.05) is 30.7 Å². The summed E-state index contributed by atoms with van der Waals surface area (Å²) in [6.45, 7) is 5.19. The molecule has 0 radical (unpaired) electrons. The monoisotopic (exact) mass is 210 g/mol. The molecule has 0 fully saturated rings. The van der Waals surface area contributed by atoms with Crippen LogP contribution in [0.4, 0.5) is 0 Å². The van der Waals surface area contributed by atoms with Gasteiger partial charge in [-0.15, -0.1) is 0 Å². The van der Waals surface area contributed by atoms with Gasteiger partial charge in [0.2, 0.25) is 0 Å². The second kappa shape index (κ2) is 6.04. The van der Waals surface area contributed by atoms with Gasteiger partial charge in [-0.3, -0.25) is 4.98 Å². The Morgan fingerprint density at radius 1 is 1.50 bits per heavy atom. The van der Waals surface area contributed by atoms with Crippen molar-refractivity contribution in [2.24, 2.45) is 0 Å². The zero-order valence-corrected chi connectivity index (χ0v) is 9.90. The summed E-state index contributed by atoms with van der Waals surface area (Å²) in [5, 5.41) is 3.47. The molecular weight excluding hydrogens is 192 g/mol. The van der Waals surface area contributed by atoms with Crippen LogP contribution in [0.25, 0.3) is 0 Å². The second-order valence-corrected chi connectivity index (χ2v) is 4.52. The van der Waals surface area contributed by atoms with Crippen LogP contribution in [0.1, 0.15) is 18.1 Å². The topological polar surface area (TPSA) is 24.9 Å². The Bertz CT molecular complexity index is 276. The highest BCUT2D eigenvalue weighted by Gasteiger charge is 2.00. The first kappa shape index (κ1) is 11.5. The smallest absolute Gasteiger partial charge is 0.0313 e. The molecule has 0 aromatic carbocycles. The third kappa shape index (κ3) is 4.11. The Balaban J connectivity index is 2.37. The fourth-order valence-corrected chi connectivity index (χ4v) is 1.93. The molecule has 0 aliphatic carbocycles. The van der Waals surface area contributed by atoms with Gasteiger partial charge >= 0.3 is 0 Å². The molecule has 1 unspecified atom stereocenters. The van der Waals surface area contributed by atoms with E-state index in [-0.39, 0.29) is 0 Å². The van der Waals surface area contributed by atoms with E-state index in [4.69, 9.17) is 0 Å². The van der Waals surface area contributed by atoms with Gasteiger partial charge in [0.05, 0.1) is 0 Å². The maximum absolute atomic E-state index is 4.16. The van der Waals surface area contributed by atoms with Crippen LogP contribution in [0.15, 0.2) is 18.5 Å². The van der Waals surface area contributed by atoms with Gasteiger partial charge in [-0.1, -0.05) is 6.07 Å². The van der Waals surface area contributed by atoms with Gasteiger partial charge in [-0.05, 0) is 31.2 Å². The summed E-state index contributed by atoms with van der Waals surface area (Å²) in [5.74, 6) is 1.15. The Kier molecular flexibility index (Phi) is 4.98. The summed E-state index contributed by atoms with van der Waals surface area (Å²) in [5.41, 5.74) is 2.49. The number of hydrogen-bond acceptors (Lipinski definition) is 3. The van der Waals surface area contributed by atoms with Crippen molar-refractivity contribution in [1.82, 2.24) is 10.3 Å². The van der Waals surface area contributed by atoms with Crippen molar-refractivity contribution in [3.05, 3.63) is 29.6 Å². The van der Waals surface area contributed by atoms with Crippen LogP contribution in [0.3, 0.4) is 0 Å². The van der Waals surface area contributed by atoms with Gasteiger partial charge in [-0.2, -0.15) is 11.8 Å². The lowest BCUT2D eigenvalue weighted by Crippen LogP contribution is -2.27. The van der Waals surface area contributed by atoms with E-state index in [0.29, 0.717) is 6.04 Å². The van der Waals surface area contributed by atoms with Crippen molar-refractivity contribution in [1.29, 1.82) is 0 Å². The number of aryl methyl sites for hydroxylation is 1. The first-order chi connectivity index (χ1) is 6.72. The Morgan fingerprint density at radius 3 is 2.93 bits per heavy atom. The van der Waals surface area contributed by atoms with Gasteiger partial charge in [-0.25, -0.2) is 0 Å². The predicted octanol–water partition coefficient (Wildman–Crippen LogP) is 2.23. The first-order valence-corrected chi connectivity index (χ1v) is 6.24. The van der Waals surface area contributed by atoms with E-state index in [1.807, 2.05) is 24.2 Å². The quantitative estimate of drug-likeness (QED) is 0.806.